The Morgan fingerprint density at radius 1 is 0.346 bits per heavy atom. The zero-order valence-electron chi connectivity index (χ0n) is 52.9. The molecule has 462 valence electrons. The molecule has 6 heteroatoms. The van der Waals surface area contributed by atoms with Gasteiger partial charge in [-0.3, -0.25) is 9.59 Å². The lowest BCUT2D eigenvalue weighted by Gasteiger charge is -2.20. The van der Waals surface area contributed by atoms with Crippen LogP contribution in [-0.2, 0) is 14.3 Å². The van der Waals surface area contributed by atoms with Crippen molar-refractivity contribution in [2.24, 2.45) is 0 Å². The molecule has 0 aliphatic heterocycles. The molecule has 2 unspecified atom stereocenters. The highest BCUT2D eigenvalue weighted by atomic mass is 16.5. The Morgan fingerprint density at radius 3 is 0.910 bits per heavy atom. The van der Waals surface area contributed by atoms with Gasteiger partial charge in [0.1, 0.15) is 0 Å². The topological polar surface area (TPSA) is 95.9 Å². The van der Waals surface area contributed by atoms with Gasteiger partial charge in [0.05, 0.1) is 25.4 Å². The van der Waals surface area contributed by atoms with Gasteiger partial charge in [0.2, 0.25) is 5.91 Å². The summed E-state index contributed by atoms with van der Waals surface area (Å²) in [4.78, 5) is 24.6. The van der Waals surface area contributed by atoms with E-state index in [0.29, 0.717) is 19.4 Å². The number of rotatable bonds is 67. The fraction of sp³-hybridized carbons (Fsp3) is 0.917. The van der Waals surface area contributed by atoms with Crippen LogP contribution in [0.5, 0.6) is 0 Å². The van der Waals surface area contributed by atoms with Crippen molar-refractivity contribution >= 4 is 11.9 Å². The minimum Gasteiger partial charge on any atom is -0.466 e. The summed E-state index contributed by atoms with van der Waals surface area (Å²) < 4.78 is 5.51. The molecule has 0 rings (SSSR count). The fourth-order valence-corrected chi connectivity index (χ4v) is 11.3. The summed E-state index contributed by atoms with van der Waals surface area (Å²) in [6, 6.07) is -0.625. The van der Waals surface area contributed by atoms with Crippen LogP contribution in [0.4, 0.5) is 0 Å². The van der Waals surface area contributed by atoms with E-state index < -0.39 is 12.1 Å². The van der Waals surface area contributed by atoms with Crippen molar-refractivity contribution in [1.82, 2.24) is 5.32 Å². The number of amides is 1. The molecule has 0 aliphatic rings. The molecule has 78 heavy (non-hydrogen) atoms. The third-order valence-electron chi connectivity index (χ3n) is 16.7. The monoisotopic (exact) mass is 1100 g/mol. The third kappa shape index (κ3) is 63.5. The second kappa shape index (κ2) is 67.8. The largest absolute Gasteiger partial charge is 0.466 e. The number of carbonyl (C=O) groups is 2. The van der Waals surface area contributed by atoms with Crippen molar-refractivity contribution in [1.29, 1.82) is 0 Å². The second-order valence-corrected chi connectivity index (χ2v) is 24.6. The van der Waals surface area contributed by atoms with Crippen LogP contribution in [0.15, 0.2) is 24.3 Å². The maximum absolute atomic E-state index is 12.5. The zero-order valence-corrected chi connectivity index (χ0v) is 52.9. The molecule has 1 amide bonds. The van der Waals surface area contributed by atoms with Crippen LogP contribution >= 0.6 is 0 Å². The fourth-order valence-electron chi connectivity index (χ4n) is 11.3. The molecule has 3 N–H and O–H groups in total. The summed E-state index contributed by atoms with van der Waals surface area (Å²) in [5.74, 6) is -0.0424. The summed E-state index contributed by atoms with van der Waals surface area (Å²) >= 11 is 0. The summed E-state index contributed by atoms with van der Waals surface area (Å²) in [5, 5.41) is 23.1. The lowest BCUT2D eigenvalue weighted by Crippen LogP contribution is -2.45. The first-order chi connectivity index (χ1) is 38.5. The molecule has 0 aromatic heterocycles. The van der Waals surface area contributed by atoms with Crippen LogP contribution in [0.3, 0.4) is 0 Å². The van der Waals surface area contributed by atoms with E-state index in [1.165, 1.54) is 334 Å². The molecule has 0 bridgehead atoms. The van der Waals surface area contributed by atoms with Crippen LogP contribution in [0.25, 0.3) is 0 Å². The normalized spacial score (nSPS) is 12.6. The predicted molar refractivity (Wildman–Crippen MR) is 343 cm³/mol. The minimum absolute atomic E-state index is 0.0224. The Bertz CT molecular complexity index is 1220. The molecular weight excluding hydrogens is 959 g/mol. The van der Waals surface area contributed by atoms with Crippen molar-refractivity contribution in [2.75, 3.05) is 13.2 Å². The number of hydrogen-bond acceptors (Lipinski definition) is 5. The smallest absolute Gasteiger partial charge is 0.305 e. The predicted octanol–water partition coefficient (Wildman–Crippen LogP) is 22.9. The molecule has 0 heterocycles. The lowest BCUT2D eigenvalue weighted by atomic mass is 10.0. The van der Waals surface area contributed by atoms with Gasteiger partial charge in [-0.1, -0.05) is 353 Å². The summed E-state index contributed by atoms with van der Waals surface area (Å²) in [6.45, 7) is 4.93. The molecule has 2 atom stereocenters. The number of aliphatic hydroxyl groups excluding tert-OH is 2. The van der Waals surface area contributed by atoms with Crippen molar-refractivity contribution in [2.45, 2.75) is 411 Å². The van der Waals surface area contributed by atoms with E-state index in [4.69, 9.17) is 4.74 Å². The van der Waals surface area contributed by atoms with Gasteiger partial charge in [0, 0.05) is 12.8 Å². The Kier molecular flexibility index (Phi) is 66.4. The van der Waals surface area contributed by atoms with E-state index >= 15 is 0 Å². The van der Waals surface area contributed by atoms with Gasteiger partial charge in [-0.05, 0) is 57.8 Å². The van der Waals surface area contributed by atoms with E-state index in [2.05, 4.69) is 31.3 Å². The van der Waals surface area contributed by atoms with Gasteiger partial charge in [0.25, 0.3) is 0 Å². The van der Waals surface area contributed by atoms with Gasteiger partial charge in [-0.25, -0.2) is 0 Å². The number of esters is 1. The van der Waals surface area contributed by atoms with Crippen molar-refractivity contribution in [3.8, 4) is 0 Å². The van der Waals surface area contributed by atoms with Crippen LogP contribution in [0, 0.1) is 0 Å². The Hall–Kier alpha value is -1.66. The number of allylic oxidation sites excluding steroid dienone is 3. The SMILES string of the molecule is CCCCCCCCCCCC/C=C/C(O)C(CO)NC(=O)CCCCCCCCCCCCCCCCC/C=C\CCCCCCCCCCCCCCOC(=O)CCCCCCCCCCCCCCCCCCCC. The third-order valence-corrected chi connectivity index (χ3v) is 16.7. The van der Waals surface area contributed by atoms with E-state index in [1.54, 1.807) is 6.08 Å². The average molecular weight is 1100 g/mol. The quantitative estimate of drug-likeness (QED) is 0.0320. The molecule has 6 nitrogen and oxygen atoms in total. The van der Waals surface area contributed by atoms with Gasteiger partial charge in [-0.2, -0.15) is 0 Å². The zero-order chi connectivity index (χ0) is 56.4. The van der Waals surface area contributed by atoms with Gasteiger partial charge >= 0.3 is 5.97 Å². The maximum Gasteiger partial charge on any atom is 0.305 e. The van der Waals surface area contributed by atoms with Gasteiger partial charge in [0.15, 0.2) is 0 Å². The average Bonchev–Trinajstić information content (AvgIpc) is 3.44. The highest BCUT2D eigenvalue weighted by molar-refractivity contribution is 5.76. The number of carbonyl (C=O) groups excluding carboxylic acids is 2. The number of hydrogen-bond donors (Lipinski definition) is 3. The number of aliphatic hydroxyl groups is 2. The number of nitrogens with one attached hydrogen (secondary N) is 1. The first kappa shape index (κ1) is 76.3. The molecule has 0 aromatic carbocycles. The summed E-state index contributed by atoms with van der Waals surface area (Å²) in [6.07, 6.45) is 85.6. The number of unbranched alkanes of at least 4 members (excludes halogenated alkanes) is 54. The standard InChI is InChI=1S/C72H139NO5/c1-3-5-7-9-11-13-15-17-18-19-36-39-42-46-50-54-58-62-66-72(77)78-67-63-59-55-51-47-43-40-37-34-32-30-28-26-24-22-20-21-23-25-27-29-31-33-35-38-41-45-49-53-57-61-65-71(76)73-69(68-74)70(75)64-60-56-52-48-44-16-14-12-10-8-6-4-2/h22,24,60,64,69-70,74-75H,3-21,23,25-59,61-63,65-68H2,1-2H3,(H,73,76)/b24-22-,64-60+. The van der Waals surface area contributed by atoms with Crippen molar-refractivity contribution < 1.29 is 24.5 Å². The maximum atomic E-state index is 12.5. The minimum atomic E-state index is -0.841. The van der Waals surface area contributed by atoms with Gasteiger partial charge < -0.3 is 20.3 Å². The molecule has 0 aliphatic carbocycles. The molecule has 0 saturated heterocycles. The number of ether oxygens (including phenoxy) is 1. The first-order valence-corrected chi connectivity index (χ1v) is 35.6. The Labute approximate surface area is 488 Å². The Balaban J connectivity index is 3.33. The molecule has 0 fully saturated rings. The molecule has 0 saturated carbocycles. The van der Waals surface area contributed by atoms with E-state index in [-0.39, 0.29) is 18.5 Å². The van der Waals surface area contributed by atoms with Crippen LogP contribution in [-0.4, -0.2) is 47.4 Å². The molecule has 0 aromatic rings. The summed E-state index contributed by atoms with van der Waals surface area (Å²) in [5.41, 5.74) is 0. The van der Waals surface area contributed by atoms with E-state index in [1.807, 2.05) is 6.08 Å². The highest BCUT2D eigenvalue weighted by Gasteiger charge is 2.18. The van der Waals surface area contributed by atoms with Crippen LogP contribution in [0.2, 0.25) is 0 Å². The van der Waals surface area contributed by atoms with Crippen LogP contribution < -0.4 is 5.32 Å². The van der Waals surface area contributed by atoms with Gasteiger partial charge in [-0.15, -0.1) is 0 Å². The summed E-state index contributed by atoms with van der Waals surface area (Å²) in [7, 11) is 0. The first-order valence-electron chi connectivity index (χ1n) is 35.6. The molecule has 0 spiro atoms. The van der Waals surface area contributed by atoms with Crippen molar-refractivity contribution in [3.63, 3.8) is 0 Å². The molecule has 0 radical (unpaired) electrons. The van der Waals surface area contributed by atoms with E-state index in [0.717, 1.165) is 38.5 Å². The highest BCUT2D eigenvalue weighted by Crippen LogP contribution is 2.19. The Morgan fingerprint density at radius 2 is 0.603 bits per heavy atom. The molecular formula is C72H139NO5. The second-order valence-electron chi connectivity index (χ2n) is 24.6. The van der Waals surface area contributed by atoms with E-state index in [9.17, 15) is 19.8 Å². The van der Waals surface area contributed by atoms with Crippen molar-refractivity contribution in [3.05, 3.63) is 24.3 Å². The lowest BCUT2D eigenvalue weighted by molar-refractivity contribution is -0.143. The van der Waals surface area contributed by atoms with Crippen LogP contribution in [0.1, 0.15) is 399 Å².